The molecule has 0 radical (unpaired) electrons. The third-order valence-electron chi connectivity index (χ3n) is 4.62. The van der Waals surface area contributed by atoms with E-state index in [2.05, 4.69) is 12.2 Å². The highest BCUT2D eigenvalue weighted by atomic mass is 16.2. The molecule has 4 heteroatoms. The van der Waals surface area contributed by atoms with Crippen molar-refractivity contribution in [3.05, 3.63) is 0 Å². The van der Waals surface area contributed by atoms with Crippen LogP contribution in [0, 0.1) is 11.3 Å². The molecule has 19 heavy (non-hydrogen) atoms. The van der Waals surface area contributed by atoms with E-state index >= 15 is 0 Å². The highest BCUT2D eigenvalue weighted by molar-refractivity contribution is 5.97. The number of piperazine rings is 1. The van der Waals surface area contributed by atoms with Crippen LogP contribution in [0.3, 0.4) is 0 Å². The van der Waals surface area contributed by atoms with E-state index in [0.717, 1.165) is 19.3 Å². The highest BCUT2D eigenvalue weighted by Crippen LogP contribution is 2.34. The summed E-state index contributed by atoms with van der Waals surface area (Å²) in [5, 5.41) is 2.89. The number of rotatable bonds is 1. The van der Waals surface area contributed by atoms with Crippen molar-refractivity contribution in [2.45, 2.75) is 72.0 Å². The molecule has 2 amide bonds. The molecule has 108 valence electrons. The van der Waals surface area contributed by atoms with Crippen molar-refractivity contribution in [3.8, 4) is 0 Å². The van der Waals surface area contributed by atoms with Crippen molar-refractivity contribution in [2.75, 3.05) is 0 Å². The van der Waals surface area contributed by atoms with Crippen LogP contribution in [0.25, 0.3) is 0 Å². The number of carbonyl (C=O) groups excluding carboxylic acids is 2. The number of nitrogens with one attached hydrogen (secondary N) is 1. The monoisotopic (exact) mass is 266 g/mol. The molecule has 1 aliphatic heterocycles. The number of hydrogen-bond donors (Lipinski definition) is 1. The lowest BCUT2D eigenvalue weighted by atomic mass is 9.83. The third-order valence-corrected chi connectivity index (χ3v) is 4.62. The van der Waals surface area contributed by atoms with Crippen molar-refractivity contribution in [1.82, 2.24) is 10.2 Å². The van der Waals surface area contributed by atoms with E-state index in [1.165, 1.54) is 0 Å². The lowest BCUT2D eigenvalue weighted by Gasteiger charge is -2.45. The molecule has 2 rings (SSSR count). The first-order chi connectivity index (χ1) is 8.73. The molecule has 0 bridgehead atoms. The Morgan fingerprint density at radius 1 is 1.16 bits per heavy atom. The molecule has 4 unspecified atom stereocenters. The molecule has 1 saturated heterocycles. The maximum Gasteiger partial charge on any atom is 0.246 e. The summed E-state index contributed by atoms with van der Waals surface area (Å²) in [5.74, 6) is 0.579. The minimum absolute atomic E-state index is 0.0152. The topological polar surface area (TPSA) is 49.4 Å². The van der Waals surface area contributed by atoms with Crippen molar-refractivity contribution >= 4 is 11.8 Å². The molecule has 1 N–H and O–H groups in total. The van der Waals surface area contributed by atoms with E-state index in [1.54, 1.807) is 0 Å². The van der Waals surface area contributed by atoms with Gasteiger partial charge >= 0.3 is 0 Å². The Hall–Kier alpha value is -1.06. The maximum atomic E-state index is 12.8. The average Bonchev–Trinajstić information content (AvgIpc) is 2.69. The van der Waals surface area contributed by atoms with E-state index in [0.29, 0.717) is 5.92 Å². The fourth-order valence-electron chi connectivity index (χ4n) is 3.37. The van der Waals surface area contributed by atoms with Crippen LogP contribution in [0.1, 0.15) is 53.9 Å². The molecular weight excluding hydrogens is 240 g/mol. The largest absolute Gasteiger partial charge is 0.342 e. The minimum Gasteiger partial charge on any atom is -0.342 e. The van der Waals surface area contributed by atoms with Crippen LogP contribution in [0.2, 0.25) is 0 Å². The third kappa shape index (κ3) is 2.49. The van der Waals surface area contributed by atoms with Crippen molar-refractivity contribution in [1.29, 1.82) is 0 Å². The maximum absolute atomic E-state index is 12.8. The predicted molar refractivity (Wildman–Crippen MR) is 74.5 cm³/mol. The van der Waals surface area contributed by atoms with Crippen LogP contribution in [-0.2, 0) is 9.59 Å². The standard InChI is InChI=1S/C15H26N2O2/c1-9-7-6-8-11(9)17-10(2)13(18)16-12(14(17)19)15(3,4)5/h9-12H,6-8H2,1-5H3,(H,16,18). The van der Waals surface area contributed by atoms with Crippen LogP contribution in [0.15, 0.2) is 0 Å². The molecule has 2 aliphatic rings. The van der Waals surface area contributed by atoms with Gasteiger partial charge in [0, 0.05) is 6.04 Å². The summed E-state index contributed by atoms with van der Waals surface area (Å²) in [4.78, 5) is 26.8. The Labute approximate surface area is 115 Å². The van der Waals surface area contributed by atoms with E-state index in [9.17, 15) is 9.59 Å². The van der Waals surface area contributed by atoms with Gasteiger partial charge in [-0.3, -0.25) is 9.59 Å². The molecule has 1 aliphatic carbocycles. The normalized spacial score (nSPS) is 36.6. The van der Waals surface area contributed by atoms with Gasteiger partial charge in [0.15, 0.2) is 0 Å². The smallest absolute Gasteiger partial charge is 0.246 e. The molecule has 1 saturated carbocycles. The first kappa shape index (κ1) is 14.4. The van der Waals surface area contributed by atoms with Crippen LogP contribution in [0.5, 0.6) is 0 Å². The summed E-state index contributed by atoms with van der Waals surface area (Å²) < 4.78 is 0. The molecule has 0 spiro atoms. The fourth-order valence-corrected chi connectivity index (χ4v) is 3.37. The van der Waals surface area contributed by atoms with Gasteiger partial charge in [0.2, 0.25) is 11.8 Å². The summed E-state index contributed by atoms with van der Waals surface area (Å²) in [7, 11) is 0. The Balaban J connectivity index is 2.29. The van der Waals surface area contributed by atoms with Gasteiger partial charge in [-0.05, 0) is 31.1 Å². The Morgan fingerprint density at radius 2 is 1.79 bits per heavy atom. The van der Waals surface area contributed by atoms with E-state index < -0.39 is 6.04 Å². The van der Waals surface area contributed by atoms with Gasteiger partial charge in [-0.2, -0.15) is 0 Å². The summed E-state index contributed by atoms with van der Waals surface area (Å²) in [5.41, 5.74) is -0.243. The first-order valence-electron chi connectivity index (χ1n) is 7.36. The summed E-state index contributed by atoms with van der Waals surface area (Å²) in [6.45, 7) is 10.0. The second-order valence-corrected chi connectivity index (χ2v) is 7.20. The summed E-state index contributed by atoms with van der Waals surface area (Å²) in [6.07, 6.45) is 3.34. The van der Waals surface area contributed by atoms with Crippen LogP contribution >= 0.6 is 0 Å². The number of hydrogen-bond acceptors (Lipinski definition) is 2. The van der Waals surface area contributed by atoms with Crippen LogP contribution in [0.4, 0.5) is 0 Å². The lowest BCUT2D eigenvalue weighted by Crippen LogP contribution is -2.68. The quantitative estimate of drug-likeness (QED) is 0.788. The summed E-state index contributed by atoms with van der Waals surface area (Å²) >= 11 is 0. The molecule has 4 atom stereocenters. The zero-order chi connectivity index (χ0) is 14.4. The number of nitrogens with zero attached hydrogens (tertiary/aromatic N) is 1. The zero-order valence-corrected chi connectivity index (χ0v) is 12.7. The molecule has 0 aromatic rings. The van der Waals surface area contributed by atoms with E-state index in [1.807, 2.05) is 32.6 Å². The van der Waals surface area contributed by atoms with Crippen LogP contribution < -0.4 is 5.32 Å². The fraction of sp³-hybridized carbons (Fsp3) is 0.867. The Bertz CT molecular complexity index is 386. The van der Waals surface area contributed by atoms with Gasteiger partial charge < -0.3 is 10.2 Å². The van der Waals surface area contributed by atoms with Gasteiger partial charge in [-0.15, -0.1) is 0 Å². The number of carbonyl (C=O) groups is 2. The van der Waals surface area contributed by atoms with E-state index in [4.69, 9.17) is 0 Å². The molecule has 1 heterocycles. The van der Waals surface area contributed by atoms with Gasteiger partial charge in [-0.1, -0.05) is 34.1 Å². The highest BCUT2D eigenvalue weighted by Gasteiger charge is 2.47. The average molecular weight is 266 g/mol. The van der Waals surface area contributed by atoms with Gasteiger partial charge in [0.05, 0.1) is 0 Å². The van der Waals surface area contributed by atoms with E-state index in [-0.39, 0.29) is 29.3 Å². The molecule has 2 fully saturated rings. The SMILES string of the molecule is CC1CCCC1N1C(=O)C(C(C)(C)C)NC(=O)C1C. The van der Waals surface area contributed by atoms with Gasteiger partial charge in [0.1, 0.15) is 12.1 Å². The molecule has 0 aromatic carbocycles. The zero-order valence-electron chi connectivity index (χ0n) is 12.7. The Kier molecular flexibility index (Phi) is 3.63. The van der Waals surface area contributed by atoms with Crippen molar-refractivity contribution in [2.24, 2.45) is 11.3 Å². The first-order valence-corrected chi connectivity index (χ1v) is 7.36. The van der Waals surface area contributed by atoms with Gasteiger partial charge in [0.25, 0.3) is 0 Å². The predicted octanol–water partition coefficient (Wildman–Crippen LogP) is 1.94. The second kappa shape index (κ2) is 4.80. The number of amides is 2. The molecular formula is C15H26N2O2. The molecule has 0 aromatic heterocycles. The lowest BCUT2D eigenvalue weighted by molar-refractivity contribution is -0.155. The Morgan fingerprint density at radius 3 is 2.26 bits per heavy atom. The van der Waals surface area contributed by atoms with Crippen LogP contribution in [-0.4, -0.2) is 34.8 Å². The van der Waals surface area contributed by atoms with Crippen molar-refractivity contribution < 1.29 is 9.59 Å². The minimum atomic E-state index is -0.399. The van der Waals surface area contributed by atoms with Gasteiger partial charge in [-0.25, -0.2) is 0 Å². The second-order valence-electron chi connectivity index (χ2n) is 7.20. The molecule has 4 nitrogen and oxygen atoms in total. The summed E-state index contributed by atoms with van der Waals surface area (Å²) in [6, 6.07) is -0.501. The van der Waals surface area contributed by atoms with Crippen molar-refractivity contribution in [3.63, 3.8) is 0 Å².